The van der Waals surface area contributed by atoms with Gasteiger partial charge in [0.2, 0.25) is 0 Å². The van der Waals surface area contributed by atoms with Crippen LogP contribution in [0.15, 0.2) is 36.5 Å². The zero-order valence-electron chi connectivity index (χ0n) is 12.0. The molecular weight excluding hydrogens is 266 g/mol. The Hall–Kier alpha value is -2.21. The molecule has 0 radical (unpaired) electrons. The minimum atomic E-state index is -0.157. The van der Waals surface area contributed by atoms with Gasteiger partial charge in [-0.1, -0.05) is 25.1 Å². The summed E-state index contributed by atoms with van der Waals surface area (Å²) < 4.78 is 0. The molecule has 6 heteroatoms. The average molecular weight is 285 g/mol. The van der Waals surface area contributed by atoms with Gasteiger partial charge in [0.25, 0.3) is 5.91 Å². The predicted octanol–water partition coefficient (Wildman–Crippen LogP) is 0.995. The number of carbonyl (C=O) groups excluding carboxylic acids is 1. The van der Waals surface area contributed by atoms with Gasteiger partial charge < -0.3 is 10.6 Å². The predicted molar refractivity (Wildman–Crippen MR) is 79.3 cm³/mol. The van der Waals surface area contributed by atoms with Crippen LogP contribution in [0.1, 0.15) is 23.8 Å². The van der Waals surface area contributed by atoms with E-state index < -0.39 is 0 Å². The fourth-order valence-electron chi connectivity index (χ4n) is 2.52. The van der Waals surface area contributed by atoms with E-state index >= 15 is 0 Å². The number of para-hydroxylation sites is 1. The lowest BCUT2D eigenvalue weighted by Gasteiger charge is -2.29. The molecule has 2 N–H and O–H groups in total. The summed E-state index contributed by atoms with van der Waals surface area (Å²) in [6, 6.07) is 9.75. The van der Waals surface area contributed by atoms with Crippen LogP contribution in [0.2, 0.25) is 0 Å². The van der Waals surface area contributed by atoms with Crippen LogP contribution in [-0.2, 0) is 0 Å². The number of nitrogens with one attached hydrogen (secondary N) is 2. The van der Waals surface area contributed by atoms with E-state index in [1.54, 1.807) is 0 Å². The van der Waals surface area contributed by atoms with Crippen LogP contribution in [-0.4, -0.2) is 40.0 Å². The zero-order chi connectivity index (χ0) is 14.7. The number of benzene rings is 1. The van der Waals surface area contributed by atoms with E-state index in [4.69, 9.17) is 0 Å². The van der Waals surface area contributed by atoms with Gasteiger partial charge in [-0.25, -0.2) is 0 Å². The van der Waals surface area contributed by atoms with Crippen molar-refractivity contribution in [3.05, 3.63) is 42.2 Å². The quantitative estimate of drug-likeness (QED) is 0.882. The molecule has 1 fully saturated rings. The van der Waals surface area contributed by atoms with Crippen molar-refractivity contribution in [1.82, 2.24) is 25.6 Å². The summed E-state index contributed by atoms with van der Waals surface area (Å²) in [5.41, 5.74) is 1.19. The number of aromatic nitrogens is 3. The molecule has 1 saturated heterocycles. The van der Waals surface area contributed by atoms with Crippen molar-refractivity contribution in [3.8, 4) is 5.69 Å². The van der Waals surface area contributed by atoms with Crippen LogP contribution in [0.3, 0.4) is 0 Å². The molecule has 2 aromatic rings. The van der Waals surface area contributed by atoms with Crippen molar-refractivity contribution in [2.45, 2.75) is 19.4 Å². The third-order valence-electron chi connectivity index (χ3n) is 3.81. The number of carbonyl (C=O) groups is 1. The lowest BCUT2D eigenvalue weighted by atomic mass is 9.95. The van der Waals surface area contributed by atoms with Crippen molar-refractivity contribution in [1.29, 1.82) is 0 Å². The van der Waals surface area contributed by atoms with Crippen LogP contribution in [0.4, 0.5) is 0 Å². The first-order valence-corrected chi connectivity index (χ1v) is 7.23. The number of rotatable bonds is 3. The number of amides is 1. The van der Waals surface area contributed by atoms with Crippen LogP contribution in [0, 0.1) is 5.92 Å². The van der Waals surface area contributed by atoms with Gasteiger partial charge in [-0.2, -0.15) is 9.90 Å². The summed E-state index contributed by atoms with van der Waals surface area (Å²) in [4.78, 5) is 13.7. The van der Waals surface area contributed by atoms with Gasteiger partial charge >= 0.3 is 0 Å². The molecule has 1 aromatic carbocycles. The molecule has 0 spiro atoms. The summed E-state index contributed by atoms with van der Waals surface area (Å²) in [6.45, 7) is 4.01. The second-order valence-corrected chi connectivity index (χ2v) is 5.40. The molecule has 0 saturated carbocycles. The fraction of sp³-hybridized carbons (Fsp3) is 0.400. The Morgan fingerprint density at radius 2 is 2.19 bits per heavy atom. The molecule has 2 unspecified atom stereocenters. The van der Waals surface area contributed by atoms with E-state index in [1.165, 1.54) is 11.0 Å². The molecule has 1 aromatic heterocycles. The van der Waals surface area contributed by atoms with Crippen LogP contribution >= 0.6 is 0 Å². The lowest BCUT2D eigenvalue weighted by molar-refractivity contribution is 0.0908. The van der Waals surface area contributed by atoms with Gasteiger partial charge in [0.1, 0.15) is 0 Å². The first-order chi connectivity index (χ1) is 10.2. The Bertz CT molecular complexity index is 610. The van der Waals surface area contributed by atoms with Gasteiger partial charge in [-0.05, 0) is 37.6 Å². The highest BCUT2D eigenvalue weighted by atomic mass is 16.2. The minimum absolute atomic E-state index is 0.157. The van der Waals surface area contributed by atoms with E-state index in [2.05, 4.69) is 27.8 Å². The summed E-state index contributed by atoms with van der Waals surface area (Å²) in [7, 11) is 0. The number of nitrogens with zero attached hydrogens (tertiary/aromatic N) is 3. The molecular formula is C15H19N5O. The Morgan fingerprint density at radius 1 is 1.38 bits per heavy atom. The standard InChI is InChI=1S/C15H19N5O/c1-11-9-16-8-7-13(11)18-15(21)14-10-17-20(19-14)12-5-3-2-4-6-12/h2-6,10-11,13,16H,7-9H2,1H3,(H,18,21). The second-order valence-electron chi connectivity index (χ2n) is 5.40. The largest absolute Gasteiger partial charge is 0.347 e. The van der Waals surface area contributed by atoms with Gasteiger partial charge in [-0.3, -0.25) is 4.79 Å². The number of hydrogen-bond acceptors (Lipinski definition) is 4. The summed E-state index contributed by atoms with van der Waals surface area (Å²) >= 11 is 0. The topological polar surface area (TPSA) is 71.8 Å². The minimum Gasteiger partial charge on any atom is -0.347 e. The van der Waals surface area contributed by atoms with E-state index in [0.29, 0.717) is 11.6 Å². The maximum Gasteiger partial charge on any atom is 0.273 e. The molecule has 110 valence electrons. The highest BCUT2D eigenvalue weighted by molar-refractivity contribution is 5.92. The zero-order valence-corrected chi connectivity index (χ0v) is 12.0. The first kappa shape index (κ1) is 13.8. The summed E-state index contributed by atoms with van der Waals surface area (Å²) in [5, 5.41) is 14.8. The molecule has 21 heavy (non-hydrogen) atoms. The molecule has 1 aliphatic rings. The Kier molecular flexibility index (Phi) is 3.96. The Labute approximate surface area is 123 Å². The average Bonchev–Trinajstić information content (AvgIpc) is 3.00. The molecule has 0 aliphatic carbocycles. The van der Waals surface area contributed by atoms with E-state index in [1.807, 2.05) is 30.3 Å². The Morgan fingerprint density at radius 3 is 2.95 bits per heavy atom. The molecule has 3 rings (SSSR count). The van der Waals surface area contributed by atoms with E-state index in [0.717, 1.165) is 25.2 Å². The molecule has 2 heterocycles. The maximum absolute atomic E-state index is 12.3. The third kappa shape index (κ3) is 3.11. The smallest absolute Gasteiger partial charge is 0.273 e. The fourth-order valence-corrected chi connectivity index (χ4v) is 2.52. The van der Waals surface area contributed by atoms with Gasteiger partial charge in [0.15, 0.2) is 5.69 Å². The van der Waals surface area contributed by atoms with Crippen molar-refractivity contribution in [2.75, 3.05) is 13.1 Å². The van der Waals surface area contributed by atoms with Crippen molar-refractivity contribution < 1.29 is 4.79 Å². The summed E-state index contributed by atoms with van der Waals surface area (Å²) in [5.74, 6) is 0.266. The van der Waals surface area contributed by atoms with Crippen molar-refractivity contribution in [2.24, 2.45) is 5.92 Å². The molecule has 0 bridgehead atoms. The molecule has 2 atom stereocenters. The summed E-state index contributed by atoms with van der Waals surface area (Å²) in [6.07, 6.45) is 2.45. The maximum atomic E-state index is 12.3. The monoisotopic (exact) mass is 285 g/mol. The van der Waals surface area contributed by atoms with Crippen LogP contribution < -0.4 is 10.6 Å². The number of piperidine rings is 1. The first-order valence-electron chi connectivity index (χ1n) is 7.23. The number of hydrogen-bond donors (Lipinski definition) is 2. The van der Waals surface area contributed by atoms with E-state index in [-0.39, 0.29) is 11.9 Å². The molecule has 1 amide bonds. The third-order valence-corrected chi connectivity index (χ3v) is 3.81. The van der Waals surface area contributed by atoms with Gasteiger partial charge in [-0.15, -0.1) is 5.10 Å². The van der Waals surface area contributed by atoms with Crippen molar-refractivity contribution >= 4 is 5.91 Å². The normalized spacial score (nSPS) is 22.0. The van der Waals surface area contributed by atoms with E-state index in [9.17, 15) is 4.79 Å². The Balaban J connectivity index is 1.69. The second kappa shape index (κ2) is 6.05. The van der Waals surface area contributed by atoms with Crippen LogP contribution in [0.25, 0.3) is 5.69 Å². The molecule has 6 nitrogen and oxygen atoms in total. The van der Waals surface area contributed by atoms with Crippen molar-refractivity contribution in [3.63, 3.8) is 0 Å². The highest BCUT2D eigenvalue weighted by Gasteiger charge is 2.24. The van der Waals surface area contributed by atoms with Gasteiger partial charge in [0.05, 0.1) is 11.9 Å². The van der Waals surface area contributed by atoms with Gasteiger partial charge in [0, 0.05) is 6.04 Å². The van der Waals surface area contributed by atoms with Crippen LogP contribution in [0.5, 0.6) is 0 Å². The lowest BCUT2D eigenvalue weighted by Crippen LogP contribution is -2.48. The SMILES string of the molecule is CC1CNCCC1NC(=O)c1cnn(-c2ccccc2)n1. The highest BCUT2D eigenvalue weighted by Crippen LogP contribution is 2.11. The molecule has 1 aliphatic heterocycles.